The van der Waals surface area contributed by atoms with Gasteiger partial charge in [0.2, 0.25) is 5.91 Å². The average molecular weight is 343 g/mol. The number of nitrogens with zero attached hydrogens (tertiary/aromatic N) is 1. The van der Waals surface area contributed by atoms with Crippen molar-refractivity contribution in [3.05, 3.63) is 29.5 Å². The summed E-state index contributed by atoms with van der Waals surface area (Å²) in [5, 5.41) is 3.75. The van der Waals surface area contributed by atoms with Crippen molar-refractivity contribution in [2.75, 3.05) is 32.1 Å². The van der Waals surface area contributed by atoms with E-state index >= 15 is 0 Å². The number of H-pyrrole nitrogens is 1. The lowest BCUT2D eigenvalue weighted by molar-refractivity contribution is -0.117. The Labute approximate surface area is 147 Å². The van der Waals surface area contributed by atoms with Gasteiger partial charge in [-0.1, -0.05) is 24.5 Å². The first-order chi connectivity index (χ1) is 12.1. The minimum atomic E-state index is -0.487. The number of amides is 1. The second kappa shape index (κ2) is 7.70. The maximum Gasteiger partial charge on any atom is 0.356 e. The maximum absolute atomic E-state index is 12.6. The number of aryl methyl sites for hydroxylation is 1. The lowest BCUT2D eigenvalue weighted by Crippen LogP contribution is -2.34. The fourth-order valence-corrected chi connectivity index (χ4v) is 3.37. The zero-order chi connectivity index (χ0) is 17.8. The molecular formula is C19H25N3O3. The molecule has 3 rings (SSSR count). The summed E-state index contributed by atoms with van der Waals surface area (Å²) < 4.78 is 4.85. The van der Waals surface area contributed by atoms with Crippen LogP contribution in [0.5, 0.6) is 0 Å². The number of ether oxygens (including phenoxy) is 1. The predicted molar refractivity (Wildman–Crippen MR) is 97.9 cm³/mol. The molecule has 2 aromatic rings. The van der Waals surface area contributed by atoms with Crippen LogP contribution in [-0.4, -0.2) is 48.5 Å². The van der Waals surface area contributed by atoms with Crippen molar-refractivity contribution in [2.45, 2.75) is 32.6 Å². The minimum Gasteiger partial charge on any atom is -0.464 e. The molecule has 0 aliphatic carbocycles. The number of carbonyl (C=O) groups is 2. The van der Waals surface area contributed by atoms with Crippen molar-refractivity contribution >= 4 is 28.5 Å². The third-order valence-corrected chi connectivity index (χ3v) is 4.67. The van der Waals surface area contributed by atoms with Crippen LogP contribution in [0.2, 0.25) is 0 Å². The van der Waals surface area contributed by atoms with Gasteiger partial charge in [0.15, 0.2) is 0 Å². The van der Waals surface area contributed by atoms with Crippen molar-refractivity contribution in [3.63, 3.8) is 0 Å². The van der Waals surface area contributed by atoms with Crippen molar-refractivity contribution in [2.24, 2.45) is 0 Å². The standard InChI is InChI=1S/C19H25N3O3/c1-13-7-8-15-14(11-13)17(18(20-15)19(24)25-2)21-16(23)12-22-9-5-3-4-6-10-22/h7-8,11,20H,3-6,9-10,12H2,1-2H3,(H,21,23). The first kappa shape index (κ1) is 17.5. The molecular weight excluding hydrogens is 318 g/mol. The molecule has 1 aliphatic rings. The summed E-state index contributed by atoms with van der Waals surface area (Å²) in [5.41, 5.74) is 2.65. The Morgan fingerprint density at radius 3 is 2.60 bits per heavy atom. The number of benzene rings is 1. The highest BCUT2D eigenvalue weighted by atomic mass is 16.5. The zero-order valence-electron chi connectivity index (χ0n) is 14.9. The molecule has 0 bridgehead atoms. The average Bonchev–Trinajstić information content (AvgIpc) is 2.77. The van der Waals surface area contributed by atoms with Gasteiger partial charge in [-0.2, -0.15) is 0 Å². The van der Waals surface area contributed by atoms with Crippen LogP contribution in [0.15, 0.2) is 18.2 Å². The lowest BCUT2D eigenvalue weighted by atomic mass is 10.1. The van der Waals surface area contributed by atoms with Gasteiger partial charge in [0.05, 0.1) is 19.3 Å². The van der Waals surface area contributed by atoms with Gasteiger partial charge >= 0.3 is 5.97 Å². The number of fused-ring (bicyclic) bond motifs is 1. The number of hydrogen-bond acceptors (Lipinski definition) is 4. The Morgan fingerprint density at radius 2 is 1.92 bits per heavy atom. The van der Waals surface area contributed by atoms with Gasteiger partial charge in [-0.3, -0.25) is 9.69 Å². The monoisotopic (exact) mass is 343 g/mol. The highest BCUT2D eigenvalue weighted by Gasteiger charge is 2.21. The van der Waals surface area contributed by atoms with E-state index in [0.29, 0.717) is 12.2 Å². The molecule has 0 spiro atoms. The fraction of sp³-hybridized carbons (Fsp3) is 0.474. The van der Waals surface area contributed by atoms with E-state index in [9.17, 15) is 9.59 Å². The maximum atomic E-state index is 12.6. The van der Waals surface area contributed by atoms with Crippen molar-refractivity contribution in [1.29, 1.82) is 0 Å². The summed E-state index contributed by atoms with van der Waals surface area (Å²) in [5.74, 6) is -0.589. The van der Waals surface area contributed by atoms with E-state index in [2.05, 4.69) is 15.2 Å². The van der Waals surface area contributed by atoms with E-state index in [0.717, 1.165) is 42.4 Å². The van der Waals surface area contributed by atoms with E-state index < -0.39 is 5.97 Å². The summed E-state index contributed by atoms with van der Waals surface area (Å²) >= 11 is 0. The molecule has 1 amide bonds. The number of aromatic nitrogens is 1. The molecule has 2 heterocycles. The number of rotatable bonds is 4. The second-order valence-corrected chi connectivity index (χ2v) is 6.65. The third kappa shape index (κ3) is 4.02. The number of anilines is 1. The van der Waals surface area contributed by atoms with Crippen LogP contribution < -0.4 is 5.32 Å². The molecule has 2 N–H and O–H groups in total. The Bertz CT molecular complexity index is 774. The Kier molecular flexibility index (Phi) is 5.38. The van der Waals surface area contributed by atoms with Gasteiger partial charge < -0.3 is 15.0 Å². The van der Waals surface area contributed by atoms with Crippen molar-refractivity contribution in [1.82, 2.24) is 9.88 Å². The largest absolute Gasteiger partial charge is 0.464 e. The number of hydrogen-bond donors (Lipinski definition) is 2. The van der Waals surface area contributed by atoms with Crippen LogP contribution in [0, 0.1) is 6.92 Å². The molecule has 1 aliphatic heterocycles. The second-order valence-electron chi connectivity index (χ2n) is 6.65. The summed E-state index contributed by atoms with van der Waals surface area (Å²) in [4.78, 5) is 29.9. The lowest BCUT2D eigenvalue weighted by Gasteiger charge is -2.19. The van der Waals surface area contributed by atoms with Gasteiger partial charge in [0, 0.05) is 10.9 Å². The van der Waals surface area contributed by atoms with Gasteiger partial charge in [0.1, 0.15) is 5.69 Å². The van der Waals surface area contributed by atoms with Gasteiger partial charge in [-0.15, -0.1) is 0 Å². The van der Waals surface area contributed by atoms with Crippen LogP contribution in [-0.2, 0) is 9.53 Å². The quantitative estimate of drug-likeness (QED) is 0.837. The Balaban J connectivity index is 1.84. The minimum absolute atomic E-state index is 0.102. The molecule has 0 unspecified atom stereocenters. The smallest absolute Gasteiger partial charge is 0.356 e. The number of aromatic amines is 1. The molecule has 1 fully saturated rings. The third-order valence-electron chi connectivity index (χ3n) is 4.67. The molecule has 1 aromatic carbocycles. The summed E-state index contributed by atoms with van der Waals surface area (Å²) in [6.45, 7) is 4.22. The van der Waals surface area contributed by atoms with Gasteiger partial charge in [-0.05, 0) is 45.0 Å². The van der Waals surface area contributed by atoms with Crippen LogP contribution in [0.25, 0.3) is 10.9 Å². The first-order valence-corrected chi connectivity index (χ1v) is 8.81. The van der Waals surface area contributed by atoms with E-state index in [1.54, 1.807) is 0 Å². The molecule has 6 heteroatoms. The van der Waals surface area contributed by atoms with Gasteiger partial charge in [0.25, 0.3) is 0 Å². The number of nitrogens with one attached hydrogen (secondary N) is 2. The fourth-order valence-electron chi connectivity index (χ4n) is 3.37. The SMILES string of the molecule is COC(=O)c1[nH]c2ccc(C)cc2c1NC(=O)CN1CCCCCC1. The number of likely N-dealkylation sites (tertiary alicyclic amines) is 1. The van der Waals surface area contributed by atoms with E-state index in [1.807, 2.05) is 25.1 Å². The van der Waals surface area contributed by atoms with Crippen LogP contribution in [0.1, 0.15) is 41.7 Å². The highest BCUT2D eigenvalue weighted by molar-refractivity contribution is 6.11. The Hall–Kier alpha value is -2.34. The van der Waals surface area contributed by atoms with Crippen LogP contribution in [0.3, 0.4) is 0 Å². The topological polar surface area (TPSA) is 74.4 Å². The van der Waals surface area contributed by atoms with Crippen LogP contribution >= 0.6 is 0 Å². The molecule has 6 nitrogen and oxygen atoms in total. The summed E-state index contributed by atoms with van der Waals surface area (Å²) in [7, 11) is 1.34. The first-order valence-electron chi connectivity index (χ1n) is 8.81. The molecule has 134 valence electrons. The van der Waals surface area contributed by atoms with E-state index in [4.69, 9.17) is 4.74 Å². The number of esters is 1. The Morgan fingerprint density at radius 1 is 1.20 bits per heavy atom. The molecule has 0 radical (unpaired) electrons. The van der Waals surface area contributed by atoms with E-state index in [-0.39, 0.29) is 11.6 Å². The van der Waals surface area contributed by atoms with Gasteiger partial charge in [-0.25, -0.2) is 4.79 Å². The summed E-state index contributed by atoms with van der Waals surface area (Å²) in [6.07, 6.45) is 4.72. The van der Waals surface area contributed by atoms with E-state index in [1.165, 1.54) is 20.0 Å². The number of carbonyl (C=O) groups excluding carboxylic acids is 2. The summed E-state index contributed by atoms with van der Waals surface area (Å²) in [6, 6.07) is 5.82. The zero-order valence-corrected chi connectivity index (χ0v) is 14.9. The molecule has 25 heavy (non-hydrogen) atoms. The van der Waals surface area contributed by atoms with Crippen LogP contribution in [0.4, 0.5) is 5.69 Å². The van der Waals surface area contributed by atoms with Crippen molar-refractivity contribution < 1.29 is 14.3 Å². The molecule has 0 atom stereocenters. The molecule has 1 saturated heterocycles. The van der Waals surface area contributed by atoms with Crippen molar-refractivity contribution in [3.8, 4) is 0 Å². The number of methoxy groups -OCH3 is 1. The predicted octanol–water partition coefficient (Wildman–Crippen LogP) is 3.08. The highest BCUT2D eigenvalue weighted by Crippen LogP contribution is 2.29. The molecule has 0 saturated carbocycles. The molecule has 1 aromatic heterocycles. The normalized spacial score (nSPS) is 15.8.